The van der Waals surface area contributed by atoms with E-state index in [0.717, 1.165) is 12.3 Å². The average Bonchev–Trinajstić information content (AvgIpc) is 1.95. The highest BCUT2D eigenvalue weighted by molar-refractivity contribution is 9.10. The van der Waals surface area contributed by atoms with E-state index in [1.165, 1.54) is 0 Å². The van der Waals surface area contributed by atoms with Gasteiger partial charge in [-0.25, -0.2) is 17.2 Å². The van der Waals surface area contributed by atoms with Gasteiger partial charge in [0, 0.05) is 10.5 Å². The van der Waals surface area contributed by atoms with Crippen LogP contribution in [0.25, 0.3) is 0 Å². The maximum Gasteiger partial charge on any atom is 0.229 e. The van der Waals surface area contributed by atoms with Crippen LogP contribution >= 0.6 is 15.9 Å². The Morgan fingerprint density at radius 3 is 2.36 bits per heavy atom. The third-order valence-electron chi connectivity index (χ3n) is 1.29. The lowest BCUT2D eigenvalue weighted by Gasteiger charge is -2.07. The highest BCUT2D eigenvalue weighted by Crippen LogP contribution is 2.27. The topological polar surface area (TPSA) is 46.2 Å². The van der Waals surface area contributed by atoms with Crippen molar-refractivity contribution in [2.24, 2.45) is 0 Å². The van der Waals surface area contributed by atoms with E-state index < -0.39 is 21.7 Å². The number of sulfonamides is 1. The van der Waals surface area contributed by atoms with Gasteiger partial charge in [0.25, 0.3) is 0 Å². The summed E-state index contributed by atoms with van der Waals surface area (Å²) in [6.45, 7) is 0. The Hall–Kier alpha value is -0.690. The molecule has 0 bridgehead atoms. The maximum absolute atomic E-state index is 13.0. The van der Waals surface area contributed by atoms with Crippen LogP contribution in [0.15, 0.2) is 16.6 Å². The first-order chi connectivity index (χ1) is 6.29. The molecule has 0 aliphatic heterocycles. The summed E-state index contributed by atoms with van der Waals surface area (Å²) in [6.07, 6.45) is 0.877. The van der Waals surface area contributed by atoms with Crippen LogP contribution in [0.5, 0.6) is 0 Å². The number of anilines is 1. The molecule has 0 spiro atoms. The second-order valence-corrected chi connectivity index (χ2v) is 5.22. The summed E-state index contributed by atoms with van der Waals surface area (Å²) < 4.78 is 49.2. The monoisotopic (exact) mass is 285 g/mol. The largest absolute Gasteiger partial charge is 0.280 e. The first-order valence-corrected chi connectivity index (χ1v) is 6.10. The van der Waals surface area contributed by atoms with Crippen molar-refractivity contribution < 1.29 is 17.2 Å². The van der Waals surface area contributed by atoms with E-state index in [2.05, 4.69) is 15.9 Å². The average molecular weight is 286 g/mol. The van der Waals surface area contributed by atoms with Gasteiger partial charge in [-0.3, -0.25) is 4.72 Å². The summed E-state index contributed by atoms with van der Waals surface area (Å²) in [6, 6.07) is 1.56. The molecule has 78 valence electrons. The Kier molecular flexibility index (Phi) is 3.10. The molecule has 0 aromatic heterocycles. The van der Waals surface area contributed by atoms with E-state index in [4.69, 9.17) is 0 Å². The smallest absolute Gasteiger partial charge is 0.229 e. The van der Waals surface area contributed by atoms with Crippen LogP contribution in [-0.2, 0) is 10.0 Å². The molecule has 1 aromatic rings. The summed E-state index contributed by atoms with van der Waals surface area (Å²) in [4.78, 5) is 0. The summed E-state index contributed by atoms with van der Waals surface area (Å²) >= 11 is 2.84. The summed E-state index contributed by atoms with van der Waals surface area (Å²) in [5.41, 5.74) is -0.297. The molecule has 14 heavy (non-hydrogen) atoms. The lowest BCUT2D eigenvalue weighted by atomic mass is 10.3. The Labute approximate surface area is 88.3 Å². The molecule has 0 aliphatic carbocycles. The van der Waals surface area contributed by atoms with Gasteiger partial charge in [0.1, 0.15) is 5.82 Å². The van der Waals surface area contributed by atoms with Crippen molar-refractivity contribution in [2.45, 2.75) is 0 Å². The van der Waals surface area contributed by atoms with E-state index in [1.54, 1.807) is 0 Å². The lowest BCUT2D eigenvalue weighted by Crippen LogP contribution is -2.11. The molecule has 3 nitrogen and oxygen atoms in total. The van der Waals surface area contributed by atoms with Crippen molar-refractivity contribution >= 4 is 31.6 Å². The van der Waals surface area contributed by atoms with E-state index >= 15 is 0 Å². The molecule has 0 fully saturated rings. The number of hydrogen-bond donors (Lipinski definition) is 1. The van der Waals surface area contributed by atoms with Crippen LogP contribution < -0.4 is 4.72 Å². The SMILES string of the molecule is CS(=O)(=O)Nc1c(F)cc(F)cc1Br. The van der Waals surface area contributed by atoms with Gasteiger partial charge in [0.2, 0.25) is 10.0 Å². The Bertz CT molecular complexity index is 438. The standard InChI is InChI=1S/C7H6BrF2NO2S/c1-14(12,13)11-7-5(8)2-4(9)3-6(7)10/h2-3,11H,1H3. The number of halogens is 3. The highest BCUT2D eigenvalue weighted by atomic mass is 79.9. The minimum Gasteiger partial charge on any atom is -0.280 e. The molecule has 1 N–H and O–H groups in total. The third kappa shape index (κ3) is 2.91. The molecule has 7 heteroatoms. The minimum absolute atomic E-state index is 0.0143. The molecule has 0 unspecified atom stereocenters. The van der Waals surface area contributed by atoms with Crippen LogP contribution in [0.2, 0.25) is 0 Å². The Morgan fingerprint density at radius 2 is 1.93 bits per heavy atom. The van der Waals surface area contributed by atoms with Gasteiger partial charge in [0.15, 0.2) is 5.82 Å². The first-order valence-electron chi connectivity index (χ1n) is 3.42. The zero-order chi connectivity index (χ0) is 10.9. The zero-order valence-corrected chi connectivity index (χ0v) is 9.42. The van der Waals surface area contributed by atoms with Crippen LogP contribution in [0.1, 0.15) is 0 Å². The Morgan fingerprint density at radius 1 is 1.36 bits per heavy atom. The molecule has 1 aromatic carbocycles. The summed E-state index contributed by atoms with van der Waals surface area (Å²) in [5.74, 6) is -1.75. The highest BCUT2D eigenvalue weighted by Gasteiger charge is 2.12. The van der Waals surface area contributed by atoms with Gasteiger partial charge in [-0.15, -0.1) is 0 Å². The fourth-order valence-electron chi connectivity index (χ4n) is 0.825. The third-order valence-corrected chi connectivity index (χ3v) is 2.49. The van der Waals surface area contributed by atoms with Gasteiger partial charge in [-0.05, 0) is 22.0 Å². The summed E-state index contributed by atoms with van der Waals surface area (Å²) in [7, 11) is -3.58. The minimum atomic E-state index is -3.58. The van der Waals surface area contributed by atoms with Crippen molar-refractivity contribution in [1.29, 1.82) is 0 Å². The first kappa shape index (κ1) is 11.4. The Balaban J connectivity index is 3.22. The van der Waals surface area contributed by atoms with Gasteiger partial charge >= 0.3 is 0 Å². The number of hydrogen-bond acceptors (Lipinski definition) is 2. The molecular weight excluding hydrogens is 280 g/mol. The van der Waals surface area contributed by atoms with Crippen molar-refractivity contribution in [2.75, 3.05) is 11.0 Å². The lowest BCUT2D eigenvalue weighted by molar-refractivity contribution is 0.582. The van der Waals surface area contributed by atoms with E-state index in [1.807, 2.05) is 4.72 Å². The van der Waals surface area contributed by atoms with Crippen LogP contribution in [0.3, 0.4) is 0 Å². The van der Waals surface area contributed by atoms with Crippen molar-refractivity contribution in [3.8, 4) is 0 Å². The fourth-order valence-corrected chi connectivity index (χ4v) is 2.04. The number of rotatable bonds is 2. The van der Waals surface area contributed by atoms with Gasteiger partial charge < -0.3 is 0 Å². The van der Waals surface area contributed by atoms with Crippen molar-refractivity contribution in [1.82, 2.24) is 0 Å². The zero-order valence-electron chi connectivity index (χ0n) is 7.01. The van der Waals surface area contributed by atoms with E-state index in [9.17, 15) is 17.2 Å². The van der Waals surface area contributed by atoms with Crippen molar-refractivity contribution in [3.05, 3.63) is 28.2 Å². The van der Waals surface area contributed by atoms with Crippen LogP contribution in [0.4, 0.5) is 14.5 Å². The molecule has 0 aliphatic rings. The van der Waals surface area contributed by atoms with Gasteiger partial charge in [0.05, 0.1) is 11.9 Å². The second-order valence-electron chi connectivity index (χ2n) is 2.62. The summed E-state index contributed by atoms with van der Waals surface area (Å²) in [5, 5.41) is 0. The molecule has 0 saturated carbocycles. The van der Waals surface area contributed by atoms with Gasteiger partial charge in [-0.1, -0.05) is 0 Å². The van der Waals surface area contributed by atoms with Crippen LogP contribution in [0, 0.1) is 11.6 Å². The predicted molar refractivity (Wildman–Crippen MR) is 52.5 cm³/mol. The fraction of sp³-hybridized carbons (Fsp3) is 0.143. The molecule has 0 amide bonds. The van der Waals surface area contributed by atoms with Gasteiger partial charge in [-0.2, -0.15) is 0 Å². The van der Waals surface area contributed by atoms with E-state index in [-0.39, 0.29) is 10.2 Å². The molecule has 1 rings (SSSR count). The molecular formula is C7H6BrF2NO2S. The van der Waals surface area contributed by atoms with Crippen molar-refractivity contribution in [3.63, 3.8) is 0 Å². The van der Waals surface area contributed by atoms with Crippen LogP contribution in [-0.4, -0.2) is 14.7 Å². The second kappa shape index (κ2) is 3.82. The molecule has 0 saturated heterocycles. The van der Waals surface area contributed by atoms with E-state index in [0.29, 0.717) is 6.07 Å². The maximum atomic E-state index is 13.0. The normalized spacial score (nSPS) is 11.4. The molecule has 0 atom stereocenters. The predicted octanol–water partition coefficient (Wildman–Crippen LogP) is 2.10. The molecule has 0 heterocycles. The number of nitrogens with one attached hydrogen (secondary N) is 1. The molecule has 0 radical (unpaired) electrons. The quantitative estimate of drug-likeness (QED) is 0.905. The number of benzene rings is 1.